The van der Waals surface area contributed by atoms with E-state index in [0.29, 0.717) is 19.7 Å². The zero-order valence-corrected chi connectivity index (χ0v) is 10.2. The summed E-state index contributed by atoms with van der Waals surface area (Å²) in [5.41, 5.74) is 0.976. The van der Waals surface area contributed by atoms with Gasteiger partial charge in [0.1, 0.15) is 0 Å². The topological polar surface area (TPSA) is 29.5 Å². The third kappa shape index (κ3) is 3.04. The second kappa shape index (κ2) is 4.57. The summed E-state index contributed by atoms with van der Waals surface area (Å²) in [5, 5.41) is 0. The van der Waals surface area contributed by atoms with Crippen LogP contribution in [-0.2, 0) is 9.53 Å². The molecule has 2 aliphatic rings. The Labute approximate surface area is 104 Å². The Balaban J connectivity index is 1.73. The fraction of sp³-hybridized carbons (Fsp3) is 0.750. The summed E-state index contributed by atoms with van der Waals surface area (Å²) in [6.07, 6.45) is -1.20. The third-order valence-corrected chi connectivity index (χ3v) is 3.33. The molecule has 102 valence electrons. The molecule has 1 spiro atoms. The predicted molar refractivity (Wildman–Crippen MR) is 58.9 cm³/mol. The average molecular weight is 263 g/mol. The molecule has 1 aliphatic carbocycles. The SMILES string of the molecule is CCOC(=O)C=C1CC2(C1)CN(CC(F)(F)F)C2. The molecule has 0 amide bonds. The number of carbonyl (C=O) groups is 1. The smallest absolute Gasteiger partial charge is 0.401 e. The van der Waals surface area contributed by atoms with Gasteiger partial charge in [0.25, 0.3) is 0 Å². The van der Waals surface area contributed by atoms with E-state index in [1.54, 1.807) is 6.92 Å². The lowest BCUT2D eigenvalue weighted by molar-refractivity contribution is -0.173. The highest BCUT2D eigenvalue weighted by atomic mass is 19.4. The van der Waals surface area contributed by atoms with Gasteiger partial charge < -0.3 is 4.74 Å². The van der Waals surface area contributed by atoms with Crippen LogP contribution in [0.3, 0.4) is 0 Å². The van der Waals surface area contributed by atoms with Gasteiger partial charge >= 0.3 is 12.1 Å². The third-order valence-electron chi connectivity index (χ3n) is 3.33. The minimum Gasteiger partial charge on any atom is -0.463 e. The number of hydrogen-bond acceptors (Lipinski definition) is 3. The van der Waals surface area contributed by atoms with Crippen molar-refractivity contribution in [3.8, 4) is 0 Å². The van der Waals surface area contributed by atoms with Gasteiger partial charge in [0, 0.05) is 24.6 Å². The zero-order valence-electron chi connectivity index (χ0n) is 10.2. The first-order valence-electron chi connectivity index (χ1n) is 5.97. The van der Waals surface area contributed by atoms with Crippen LogP contribution < -0.4 is 0 Å². The van der Waals surface area contributed by atoms with Gasteiger partial charge in [-0.15, -0.1) is 0 Å². The van der Waals surface area contributed by atoms with E-state index in [-0.39, 0.29) is 11.4 Å². The van der Waals surface area contributed by atoms with Gasteiger partial charge in [0.05, 0.1) is 13.2 Å². The lowest BCUT2D eigenvalue weighted by Crippen LogP contribution is -2.62. The Morgan fingerprint density at radius 1 is 1.44 bits per heavy atom. The number of hydrogen-bond donors (Lipinski definition) is 0. The van der Waals surface area contributed by atoms with Crippen LogP contribution in [0.4, 0.5) is 13.2 Å². The first-order valence-corrected chi connectivity index (χ1v) is 5.97. The Morgan fingerprint density at radius 3 is 2.56 bits per heavy atom. The molecule has 0 unspecified atom stereocenters. The number of esters is 1. The van der Waals surface area contributed by atoms with Crippen LogP contribution in [-0.4, -0.2) is 43.3 Å². The van der Waals surface area contributed by atoms with Crippen LogP contribution >= 0.6 is 0 Å². The molecule has 1 aliphatic heterocycles. The average Bonchev–Trinajstić information content (AvgIpc) is 2.09. The predicted octanol–water partition coefficient (Wildman–Crippen LogP) is 2.13. The van der Waals surface area contributed by atoms with E-state index in [1.165, 1.54) is 11.0 Å². The van der Waals surface area contributed by atoms with E-state index >= 15 is 0 Å². The number of halogens is 3. The van der Waals surface area contributed by atoms with Crippen LogP contribution in [0, 0.1) is 5.41 Å². The molecule has 1 saturated carbocycles. The van der Waals surface area contributed by atoms with Gasteiger partial charge in [-0.25, -0.2) is 4.79 Å². The summed E-state index contributed by atoms with van der Waals surface area (Å²) >= 11 is 0. The van der Waals surface area contributed by atoms with E-state index in [4.69, 9.17) is 4.74 Å². The standard InChI is InChI=1S/C12H16F3NO2/c1-2-18-10(17)3-9-4-11(5-9)6-16(7-11)8-12(13,14)15/h3H,2,4-8H2,1H3. The Kier molecular flexibility index (Phi) is 3.40. The van der Waals surface area contributed by atoms with Crippen LogP contribution in [0.25, 0.3) is 0 Å². The zero-order chi connectivity index (χ0) is 13.4. The molecule has 0 bridgehead atoms. The van der Waals surface area contributed by atoms with E-state index < -0.39 is 12.7 Å². The maximum Gasteiger partial charge on any atom is 0.401 e. The summed E-state index contributed by atoms with van der Waals surface area (Å²) in [6, 6.07) is 0. The molecule has 18 heavy (non-hydrogen) atoms. The van der Waals surface area contributed by atoms with Crippen molar-refractivity contribution in [3.63, 3.8) is 0 Å². The number of carbonyl (C=O) groups excluding carboxylic acids is 1. The maximum absolute atomic E-state index is 12.1. The largest absolute Gasteiger partial charge is 0.463 e. The summed E-state index contributed by atoms with van der Waals surface area (Å²) in [6.45, 7) is 2.21. The number of rotatable bonds is 3. The van der Waals surface area contributed by atoms with Crippen molar-refractivity contribution in [3.05, 3.63) is 11.6 Å². The lowest BCUT2D eigenvalue weighted by atomic mass is 9.60. The second-order valence-electron chi connectivity index (χ2n) is 5.17. The van der Waals surface area contributed by atoms with Crippen molar-refractivity contribution in [2.75, 3.05) is 26.2 Å². The molecule has 6 heteroatoms. The van der Waals surface area contributed by atoms with Gasteiger partial charge in [0.2, 0.25) is 0 Å². The number of alkyl halides is 3. The van der Waals surface area contributed by atoms with Crippen LogP contribution in [0.2, 0.25) is 0 Å². The minimum atomic E-state index is -4.12. The maximum atomic E-state index is 12.1. The Morgan fingerprint density at radius 2 is 2.06 bits per heavy atom. The van der Waals surface area contributed by atoms with Crippen LogP contribution in [0.1, 0.15) is 19.8 Å². The fourth-order valence-electron chi connectivity index (χ4n) is 2.86. The van der Waals surface area contributed by atoms with Crippen molar-refractivity contribution in [2.24, 2.45) is 5.41 Å². The van der Waals surface area contributed by atoms with Gasteiger partial charge in [0.15, 0.2) is 0 Å². The van der Waals surface area contributed by atoms with Crippen LogP contribution in [0.5, 0.6) is 0 Å². The molecule has 1 saturated heterocycles. The van der Waals surface area contributed by atoms with E-state index in [9.17, 15) is 18.0 Å². The summed E-state index contributed by atoms with van der Waals surface area (Å²) in [4.78, 5) is 12.6. The first-order chi connectivity index (χ1) is 8.32. The monoisotopic (exact) mass is 263 g/mol. The number of likely N-dealkylation sites (tertiary alicyclic amines) is 1. The molecule has 0 radical (unpaired) electrons. The number of nitrogens with zero attached hydrogens (tertiary/aromatic N) is 1. The molecule has 0 atom stereocenters. The van der Waals surface area contributed by atoms with Crippen molar-refractivity contribution >= 4 is 5.97 Å². The highest BCUT2D eigenvalue weighted by molar-refractivity contribution is 5.83. The van der Waals surface area contributed by atoms with E-state index in [1.807, 2.05) is 0 Å². The van der Waals surface area contributed by atoms with Crippen molar-refractivity contribution in [1.29, 1.82) is 0 Å². The van der Waals surface area contributed by atoms with Gasteiger partial charge in [-0.3, -0.25) is 4.90 Å². The van der Waals surface area contributed by atoms with Crippen molar-refractivity contribution in [2.45, 2.75) is 25.9 Å². The molecule has 0 aromatic rings. The highest BCUT2D eigenvalue weighted by Gasteiger charge is 2.51. The molecule has 1 heterocycles. The summed E-state index contributed by atoms with van der Waals surface area (Å²) < 4.78 is 41.1. The number of allylic oxidation sites excluding steroid dienone is 1. The molecule has 2 rings (SSSR count). The summed E-state index contributed by atoms with van der Waals surface area (Å²) in [7, 11) is 0. The Hall–Kier alpha value is -1.04. The number of ether oxygens (including phenoxy) is 1. The molecule has 2 fully saturated rings. The molecule has 0 N–H and O–H groups in total. The molecule has 0 aromatic carbocycles. The molecule has 0 aromatic heterocycles. The normalized spacial score (nSPS) is 22.3. The highest BCUT2D eigenvalue weighted by Crippen LogP contribution is 2.51. The lowest BCUT2D eigenvalue weighted by Gasteiger charge is -2.57. The molecular formula is C12H16F3NO2. The van der Waals surface area contributed by atoms with Crippen molar-refractivity contribution in [1.82, 2.24) is 4.90 Å². The van der Waals surface area contributed by atoms with Crippen LogP contribution in [0.15, 0.2) is 11.6 Å². The first kappa shape index (κ1) is 13.4. The van der Waals surface area contributed by atoms with Crippen molar-refractivity contribution < 1.29 is 22.7 Å². The summed E-state index contributed by atoms with van der Waals surface area (Å²) in [5.74, 6) is -0.353. The second-order valence-corrected chi connectivity index (χ2v) is 5.17. The Bertz CT molecular complexity index is 360. The fourth-order valence-corrected chi connectivity index (χ4v) is 2.86. The minimum absolute atomic E-state index is 0.0103. The molecular weight excluding hydrogens is 247 g/mol. The molecule has 3 nitrogen and oxygen atoms in total. The van der Waals surface area contributed by atoms with Gasteiger partial charge in [-0.2, -0.15) is 13.2 Å². The van der Waals surface area contributed by atoms with E-state index in [0.717, 1.165) is 18.4 Å². The van der Waals surface area contributed by atoms with Gasteiger partial charge in [-0.1, -0.05) is 5.57 Å². The quantitative estimate of drug-likeness (QED) is 0.577. The van der Waals surface area contributed by atoms with E-state index in [2.05, 4.69) is 0 Å². The van der Waals surface area contributed by atoms with Gasteiger partial charge in [-0.05, 0) is 19.8 Å².